The van der Waals surface area contributed by atoms with Crippen LogP contribution in [-0.4, -0.2) is 89.6 Å². The van der Waals surface area contributed by atoms with Crippen molar-refractivity contribution in [3.8, 4) is 0 Å². The molecule has 0 aromatic rings. The van der Waals surface area contributed by atoms with Crippen molar-refractivity contribution in [3.05, 3.63) is 0 Å². The Morgan fingerprint density at radius 3 is 1.62 bits per heavy atom. The number of hydrogen-bond donors (Lipinski definition) is 0. The number of amides is 1. The Morgan fingerprint density at radius 2 is 1.28 bits per heavy atom. The van der Waals surface area contributed by atoms with Crippen LogP contribution in [0.3, 0.4) is 0 Å². The first-order valence-corrected chi connectivity index (χ1v) is 10.1. The molecule has 1 amide bonds. The minimum Gasteiger partial charge on any atom is -0.380 e. The lowest BCUT2D eigenvalue weighted by Gasteiger charge is -2.35. The van der Waals surface area contributed by atoms with Crippen molar-refractivity contribution >= 4 is 5.91 Å². The number of hydroxylamine groups is 2. The van der Waals surface area contributed by atoms with E-state index in [-0.39, 0.29) is 31.0 Å². The van der Waals surface area contributed by atoms with Gasteiger partial charge in [-0.2, -0.15) is 0 Å². The molecule has 170 valence electrons. The molecule has 2 heterocycles. The zero-order valence-corrected chi connectivity index (χ0v) is 18.6. The molecule has 9 heteroatoms. The Labute approximate surface area is 173 Å². The first-order valence-electron chi connectivity index (χ1n) is 10.1. The molecule has 2 fully saturated rings. The van der Waals surface area contributed by atoms with Crippen molar-refractivity contribution in [1.82, 2.24) is 5.06 Å². The van der Waals surface area contributed by atoms with Crippen molar-refractivity contribution in [3.63, 3.8) is 0 Å². The van der Waals surface area contributed by atoms with E-state index in [9.17, 15) is 4.79 Å². The molecule has 29 heavy (non-hydrogen) atoms. The van der Waals surface area contributed by atoms with Crippen molar-refractivity contribution in [1.29, 1.82) is 0 Å². The van der Waals surface area contributed by atoms with Crippen molar-refractivity contribution in [2.75, 3.05) is 67.0 Å². The fourth-order valence-electron chi connectivity index (χ4n) is 2.94. The maximum atomic E-state index is 12.6. The second kappa shape index (κ2) is 11.0. The number of carbonyl (C=O) groups excluding carboxylic acids is 1. The number of nitrogens with zero attached hydrogens (tertiary/aromatic N) is 1. The molecular weight excluding hydrogens is 382 g/mol. The lowest BCUT2D eigenvalue weighted by Crippen LogP contribution is -2.42. The summed E-state index contributed by atoms with van der Waals surface area (Å²) in [4.78, 5) is 17.6. The van der Waals surface area contributed by atoms with Crippen LogP contribution in [-0.2, 0) is 38.1 Å². The lowest BCUT2D eigenvalue weighted by atomic mass is 10.1. The van der Waals surface area contributed by atoms with E-state index >= 15 is 0 Å². The number of rotatable bonds is 10. The topological polar surface area (TPSA) is 84.9 Å². The molecular formula is C20H37NO8. The highest BCUT2D eigenvalue weighted by Crippen LogP contribution is 2.22. The molecule has 0 spiro atoms. The van der Waals surface area contributed by atoms with Gasteiger partial charge in [0.1, 0.15) is 0 Å². The fourth-order valence-corrected chi connectivity index (χ4v) is 2.94. The van der Waals surface area contributed by atoms with Gasteiger partial charge < -0.3 is 28.4 Å². The standard InChI is InChI=1S/C20H37NO8/c1-19(2)26-9-15(10-27-19)7-24-13-17(18(22)21(5)23-6)14-25-8-16-11-28-20(3,4)29-12-16/h15-17H,7-14H2,1-6H3. The zero-order valence-electron chi connectivity index (χ0n) is 18.6. The molecule has 0 saturated carbocycles. The molecule has 0 radical (unpaired) electrons. The summed E-state index contributed by atoms with van der Waals surface area (Å²) in [6.07, 6.45) is 0. The van der Waals surface area contributed by atoms with Crippen LogP contribution in [0.2, 0.25) is 0 Å². The fraction of sp³-hybridized carbons (Fsp3) is 0.950. The van der Waals surface area contributed by atoms with Crippen LogP contribution in [0.15, 0.2) is 0 Å². The van der Waals surface area contributed by atoms with E-state index in [4.69, 9.17) is 33.3 Å². The predicted octanol–water partition coefficient (Wildman–Crippen LogP) is 1.45. The molecule has 0 N–H and O–H groups in total. The average molecular weight is 420 g/mol. The van der Waals surface area contributed by atoms with Gasteiger partial charge in [0.15, 0.2) is 11.6 Å². The zero-order chi connectivity index (χ0) is 21.5. The molecule has 0 aliphatic carbocycles. The van der Waals surface area contributed by atoms with Gasteiger partial charge in [-0.3, -0.25) is 9.63 Å². The van der Waals surface area contributed by atoms with Gasteiger partial charge in [-0.1, -0.05) is 0 Å². The van der Waals surface area contributed by atoms with Crippen LogP contribution in [0.4, 0.5) is 0 Å². The lowest BCUT2D eigenvalue weighted by molar-refractivity contribution is -0.267. The van der Waals surface area contributed by atoms with Gasteiger partial charge in [0, 0.05) is 18.9 Å². The summed E-state index contributed by atoms with van der Waals surface area (Å²) in [6.45, 7) is 11.2. The molecule has 0 unspecified atom stereocenters. The minimum absolute atomic E-state index is 0.139. The average Bonchev–Trinajstić information content (AvgIpc) is 2.68. The highest BCUT2D eigenvalue weighted by molar-refractivity contribution is 5.77. The Morgan fingerprint density at radius 1 is 0.897 bits per heavy atom. The molecule has 2 aliphatic rings. The normalized spacial score (nSPS) is 22.7. The van der Waals surface area contributed by atoms with Crippen molar-refractivity contribution in [2.45, 2.75) is 39.3 Å². The Bertz CT molecular complexity index is 459. The SMILES string of the molecule is CON(C)C(=O)C(COCC1COC(C)(C)OC1)COCC1COC(C)(C)OC1. The maximum Gasteiger partial charge on any atom is 0.253 e. The third-order valence-corrected chi connectivity index (χ3v) is 4.95. The Hall–Kier alpha value is -0.810. The number of hydrogen-bond acceptors (Lipinski definition) is 8. The molecule has 0 aromatic carbocycles. The molecule has 9 nitrogen and oxygen atoms in total. The van der Waals surface area contributed by atoms with Gasteiger partial charge in [-0.25, -0.2) is 5.06 Å². The second-order valence-electron chi connectivity index (χ2n) is 8.57. The van der Waals surface area contributed by atoms with Gasteiger partial charge in [-0.15, -0.1) is 0 Å². The summed E-state index contributed by atoms with van der Waals surface area (Å²) >= 11 is 0. The Kier molecular flexibility index (Phi) is 9.27. The van der Waals surface area contributed by atoms with E-state index < -0.39 is 17.5 Å². The van der Waals surface area contributed by atoms with E-state index in [1.165, 1.54) is 12.2 Å². The van der Waals surface area contributed by atoms with Gasteiger partial charge in [0.2, 0.25) is 0 Å². The molecule has 0 aromatic heterocycles. The molecule has 2 aliphatic heterocycles. The summed E-state index contributed by atoms with van der Waals surface area (Å²) in [6, 6.07) is 0. The van der Waals surface area contributed by atoms with Crippen LogP contribution in [0, 0.1) is 17.8 Å². The molecule has 2 rings (SSSR count). The maximum absolute atomic E-state index is 12.6. The van der Waals surface area contributed by atoms with Gasteiger partial charge in [0.25, 0.3) is 5.91 Å². The monoisotopic (exact) mass is 419 g/mol. The molecule has 0 bridgehead atoms. The largest absolute Gasteiger partial charge is 0.380 e. The number of ether oxygens (including phenoxy) is 6. The van der Waals surface area contributed by atoms with Crippen molar-refractivity contribution < 1.29 is 38.1 Å². The quantitative estimate of drug-likeness (QED) is 0.492. The van der Waals surface area contributed by atoms with E-state index in [1.54, 1.807) is 7.05 Å². The van der Waals surface area contributed by atoms with Crippen LogP contribution in [0.25, 0.3) is 0 Å². The predicted molar refractivity (Wildman–Crippen MR) is 104 cm³/mol. The van der Waals surface area contributed by atoms with E-state index in [2.05, 4.69) is 0 Å². The van der Waals surface area contributed by atoms with Crippen molar-refractivity contribution in [2.24, 2.45) is 17.8 Å². The first-order chi connectivity index (χ1) is 13.6. The van der Waals surface area contributed by atoms with Crippen LogP contribution in [0.5, 0.6) is 0 Å². The molecule has 0 atom stereocenters. The second-order valence-corrected chi connectivity index (χ2v) is 8.57. The van der Waals surface area contributed by atoms with Gasteiger partial charge in [0.05, 0.1) is 65.9 Å². The number of carbonyl (C=O) groups is 1. The van der Waals surface area contributed by atoms with Crippen LogP contribution in [0.1, 0.15) is 27.7 Å². The smallest absolute Gasteiger partial charge is 0.253 e. The highest BCUT2D eigenvalue weighted by atomic mass is 16.7. The Balaban J connectivity index is 1.74. The summed E-state index contributed by atoms with van der Waals surface area (Å²) in [5.41, 5.74) is 0. The summed E-state index contributed by atoms with van der Waals surface area (Å²) in [7, 11) is 3.03. The van der Waals surface area contributed by atoms with E-state index in [1.807, 2.05) is 27.7 Å². The summed E-state index contributed by atoms with van der Waals surface area (Å²) in [5, 5.41) is 1.20. The summed E-state index contributed by atoms with van der Waals surface area (Å²) < 4.78 is 34.2. The van der Waals surface area contributed by atoms with E-state index in [0.717, 1.165) is 0 Å². The first kappa shape index (κ1) is 24.5. The highest BCUT2D eigenvalue weighted by Gasteiger charge is 2.31. The summed E-state index contributed by atoms with van der Waals surface area (Å²) in [5.74, 6) is -1.48. The third-order valence-electron chi connectivity index (χ3n) is 4.95. The van der Waals surface area contributed by atoms with Crippen LogP contribution >= 0.6 is 0 Å². The van der Waals surface area contributed by atoms with E-state index in [0.29, 0.717) is 39.6 Å². The van der Waals surface area contributed by atoms with Crippen LogP contribution < -0.4 is 0 Å². The minimum atomic E-state index is -0.550. The molecule has 2 saturated heterocycles. The third kappa shape index (κ3) is 8.45. The van der Waals surface area contributed by atoms with Gasteiger partial charge >= 0.3 is 0 Å². The van der Waals surface area contributed by atoms with Gasteiger partial charge in [-0.05, 0) is 27.7 Å².